The highest BCUT2D eigenvalue weighted by Crippen LogP contribution is 2.33. The SMILES string of the molecule is NCC(O)(c1ccccc1)c1ccccc1Cl. The Morgan fingerprint density at radius 1 is 1.00 bits per heavy atom. The van der Waals surface area contributed by atoms with Gasteiger partial charge in [0.25, 0.3) is 0 Å². The molecule has 0 saturated heterocycles. The number of nitrogens with two attached hydrogens (primary N) is 1. The van der Waals surface area contributed by atoms with Crippen molar-refractivity contribution in [2.45, 2.75) is 5.60 Å². The molecular weight excluding hydrogens is 234 g/mol. The second kappa shape index (κ2) is 4.88. The summed E-state index contributed by atoms with van der Waals surface area (Å²) in [4.78, 5) is 0. The molecule has 0 bridgehead atoms. The Balaban J connectivity index is 2.56. The summed E-state index contributed by atoms with van der Waals surface area (Å²) in [7, 11) is 0. The summed E-state index contributed by atoms with van der Waals surface area (Å²) in [6.45, 7) is 0.0841. The first-order chi connectivity index (χ1) is 8.18. The smallest absolute Gasteiger partial charge is 0.128 e. The topological polar surface area (TPSA) is 46.2 Å². The fraction of sp³-hybridized carbons (Fsp3) is 0.143. The zero-order chi connectivity index (χ0) is 12.3. The van der Waals surface area contributed by atoms with Crippen molar-refractivity contribution >= 4 is 11.6 Å². The second-order valence-corrected chi connectivity index (χ2v) is 4.32. The van der Waals surface area contributed by atoms with Crippen LogP contribution in [0.5, 0.6) is 0 Å². The molecule has 0 heterocycles. The summed E-state index contributed by atoms with van der Waals surface area (Å²) in [6.07, 6.45) is 0. The first-order valence-electron chi connectivity index (χ1n) is 5.41. The van der Waals surface area contributed by atoms with Gasteiger partial charge in [-0.1, -0.05) is 60.1 Å². The Bertz CT molecular complexity index is 501. The van der Waals surface area contributed by atoms with Crippen LogP contribution in [0.3, 0.4) is 0 Å². The number of hydrogen-bond acceptors (Lipinski definition) is 2. The fourth-order valence-corrected chi connectivity index (χ4v) is 2.19. The van der Waals surface area contributed by atoms with Crippen molar-refractivity contribution in [1.29, 1.82) is 0 Å². The summed E-state index contributed by atoms with van der Waals surface area (Å²) in [5, 5.41) is 11.3. The van der Waals surface area contributed by atoms with Gasteiger partial charge in [-0.25, -0.2) is 0 Å². The number of hydrogen-bond donors (Lipinski definition) is 2. The maximum Gasteiger partial charge on any atom is 0.128 e. The van der Waals surface area contributed by atoms with Crippen molar-refractivity contribution in [3.63, 3.8) is 0 Å². The first kappa shape index (κ1) is 12.1. The molecule has 0 spiro atoms. The highest BCUT2D eigenvalue weighted by atomic mass is 35.5. The molecule has 0 aromatic heterocycles. The van der Waals surface area contributed by atoms with Crippen molar-refractivity contribution < 1.29 is 5.11 Å². The summed E-state index contributed by atoms with van der Waals surface area (Å²) in [6, 6.07) is 16.5. The van der Waals surface area contributed by atoms with Crippen LogP contribution in [0.1, 0.15) is 11.1 Å². The number of rotatable bonds is 3. The molecule has 1 unspecified atom stereocenters. The van der Waals surface area contributed by atoms with E-state index in [4.69, 9.17) is 17.3 Å². The van der Waals surface area contributed by atoms with Gasteiger partial charge in [0, 0.05) is 17.1 Å². The van der Waals surface area contributed by atoms with Crippen molar-refractivity contribution in [2.75, 3.05) is 6.54 Å². The molecule has 0 aliphatic heterocycles. The van der Waals surface area contributed by atoms with Crippen LogP contribution in [0.15, 0.2) is 54.6 Å². The van der Waals surface area contributed by atoms with Crippen molar-refractivity contribution in [2.24, 2.45) is 5.73 Å². The maximum absolute atomic E-state index is 10.7. The van der Waals surface area contributed by atoms with Gasteiger partial charge in [0.1, 0.15) is 5.60 Å². The predicted octanol–water partition coefficient (Wildman–Crippen LogP) is 2.53. The van der Waals surface area contributed by atoms with E-state index in [0.29, 0.717) is 10.6 Å². The molecule has 88 valence electrons. The van der Waals surface area contributed by atoms with Crippen molar-refractivity contribution in [3.05, 3.63) is 70.7 Å². The van der Waals surface area contributed by atoms with Gasteiger partial charge < -0.3 is 10.8 Å². The molecule has 2 nitrogen and oxygen atoms in total. The van der Waals surface area contributed by atoms with Crippen LogP contribution in [-0.2, 0) is 5.60 Å². The molecule has 1 atom stereocenters. The van der Waals surface area contributed by atoms with E-state index in [1.54, 1.807) is 12.1 Å². The van der Waals surface area contributed by atoms with Gasteiger partial charge >= 0.3 is 0 Å². The minimum Gasteiger partial charge on any atom is -0.379 e. The maximum atomic E-state index is 10.7. The molecular formula is C14H14ClNO. The van der Waals surface area contributed by atoms with Crippen molar-refractivity contribution in [3.8, 4) is 0 Å². The zero-order valence-corrected chi connectivity index (χ0v) is 10.1. The van der Waals surface area contributed by atoms with Gasteiger partial charge in [-0.15, -0.1) is 0 Å². The van der Waals surface area contributed by atoms with E-state index in [2.05, 4.69) is 0 Å². The van der Waals surface area contributed by atoms with E-state index in [1.807, 2.05) is 42.5 Å². The quantitative estimate of drug-likeness (QED) is 0.876. The molecule has 0 aliphatic carbocycles. The fourth-order valence-electron chi connectivity index (χ4n) is 1.89. The van der Waals surface area contributed by atoms with Gasteiger partial charge in [-0.3, -0.25) is 0 Å². The second-order valence-electron chi connectivity index (χ2n) is 3.91. The monoisotopic (exact) mass is 247 g/mol. The van der Waals surface area contributed by atoms with Crippen LogP contribution in [0.2, 0.25) is 5.02 Å². The molecule has 0 saturated carbocycles. The Morgan fingerprint density at radius 3 is 2.18 bits per heavy atom. The molecule has 2 rings (SSSR count). The van der Waals surface area contributed by atoms with E-state index >= 15 is 0 Å². The number of halogens is 1. The molecule has 2 aromatic rings. The van der Waals surface area contributed by atoms with Crippen LogP contribution in [0.4, 0.5) is 0 Å². The molecule has 2 aromatic carbocycles. The van der Waals surface area contributed by atoms with E-state index in [1.165, 1.54) is 0 Å². The largest absolute Gasteiger partial charge is 0.379 e. The lowest BCUT2D eigenvalue weighted by Crippen LogP contribution is -2.36. The summed E-state index contributed by atoms with van der Waals surface area (Å²) in [5.74, 6) is 0. The first-order valence-corrected chi connectivity index (χ1v) is 5.79. The molecule has 0 fully saturated rings. The van der Waals surface area contributed by atoms with Gasteiger partial charge in [-0.2, -0.15) is 0 Å². The normalized spacial score (nSPS) is 14.3. The van der Waals surface area contributed by atoms with E-state index in [-0.39, 0.29) is 6.54 Å². The lowest BCUT2D eigenvalue weighted by atomic mass is 9.86. The average molecular weight is 248 g/mol. The lowest BCUT2D eigenvalue weighted by molar-refractivity contribution is 0.0903. The Morgan fingerprint density at radius 2 is 1.59 bits per heavy atom. The summed E-state index contributed by atoms with van der Waals surface area (Å²) >= 11 is 6.12. The zero-order valence-electron chi connectivity index (χ0n) is 9.31. The Hall–Kier alpha value is -1.35. The average Bonchev–Trinajstić information content (AvgIpc) is 2.39. The molecule has 0 aliphatic rings. The minimum atomic E-state index is -1.24. The van der Waals surface area contributed by atoms with Gasteiger partial charge in [0.05, 0.1) is 0 Å². The Kier molecular flexibility index (Phi) is 3.48. The highest BCUT2D eigenvalue weighted by molar-refractivity contribution is 6.31. The molecule has 0 radical (unpaired) electrons. The third-order valence-electron chi connectivity index (χ3n) is 2.87. The number of aliphatic hydroxyl groups is 1. The van der Waals surface area contributed by atoms with Gasteiger partial charge in [0.2, 0.25) is 0 Å². The summed E-state index contributed by atoms with van der Waals surface area (Å²) < 4.78 is 0. The predicted molar refractivity (Wildman–Crippen MR) is 69.9 cm³/mol. The van der Waals surface area contributed by atoms with E-state index in [0.717, 1.165) is 5.56 Å². The Labute approximate surface area is 106 Å². The van der Waals surface area contributed by atoms with Crippen molar-refractivity contribution in [1.82, 2.24) is 0 Å². The van der Waals surface area contributed by atoms with E-state index in [9.17, 15) is 5.11 Å². The standard InChI is InChI=1S/C14H14ClNO/c15-13-9-5-4-8-12(13)14(17,10-16)11-6-2-1-3-7-11/h1-9,17H,10,16H2. The molecule has 0 amide bonds. The van der Waals surface area contributed by atoms with Gasteiger partial charge in [-0.05, 0) is 11.6 Å². The number of benzene rings is 2. The molecule has 3 N–H and O–H groups in total. The third kappa shape index (κ3) is 2.20. The summed E-state index contributed by atoms with van der Waals surface area (Å²) in [5.41, 5.74) is 5.88. The third-order valence-corrected chi connectivity index (χ3v) is 3.20. The van der Waals surface area contributed by atoms with Crippen LogP contribution < -0.4 is 5.73 Å². The van der Waals surface area contributed by atoms with Crippen LogP contribution in [-0.4, -0.2) is 11.7 Å². The van der Waals surface area contributed by atoms with Crippen LogP contribution in [0, 0.1) is 0 Å². The van der Waals surface area contributed by atoms with Gasteiger partial charge in [0.15, 0.2) is 0 Å². The highest BCUT2D eigenvalue weighted by Gasteiger charge is 2.31. The minimum absolute atomic E-state index is 0.0841. The van der Waals surface area contributed by atoms with Crippen LogP contribution in [0.25, 0.3) is 0 Å². The lowest BCUT2D eigenvalue weighted by Gasteiger charge is -2.28. The van der Waals surface area contributed by atoms with E-state index < -0.39 is 5.60 Å². The molecule has 3 heteroatoms. The molecule has 17 heavy (non-hydrogen) atoms. The van der Waals surface area contributed by atoms with Crippen LogP contribution >= 0.6 is 11.6 Å².